The second-order valence-electron chi connectivity index (χ2n) is 5.44. The van der Waals surface area contributed by atoms with Crippen LogP contribution in [0.25, 0.3) is 0 Å². The van der Waals surface area contributed by atoms with Crippen LogP contribution < -0.4 is 0 Å². The van der Waals surface area contributed by atoms with Gasteiger partial charge in [-0.3, -0.25) is 0 Å². The van der Waals surface area contributed by atoms with Gasteiger partial charge in [0.15, 0.2) is 0 Å². The van der Waals surface area contributed by atoms with Crippen molar-refractivity contribution >= 4 is 11.6 Å². The summed E-state index contributed by atoms with van der Waals surface area (Å²) in [4.78, 5) is 9.01. The van der Waals surface area contributed by atoms with Crippen molar-refractivity contribution in [1.82, 2.24) is 9.97 Å². The maximum Gasteiger partial charge on any atom is 0.136 e. The van der Waals surface area contributed by atoms with Gasteiger partial charge in [-0.05, 0) is 38.7 Å². The molecule has 1 aromatic carbocycles. The highest BCUT2D eigenvalue weighted by atomic mass is 35.5. The van der Waals surface area contributed by atoms with Crippen molar-refractivity contribution in [3.05, 3.63) is 58.1 Å². The molecule has 3 heteroatoms. The second kappa shape index (κ2) is 4.61. The Morgan fingerprint density at radius 3 is 2.63 bits per heavy atom. The molecule has 98 valence electrons. The molecular formula is C16H17ClN2. The zero-order valence-corrected chi connectivity index (χ0v) is 12.0. The molecule has 0 aliphatic heterocycles. The predicted molar refractivity (Wildman–Crippen MR) is 77.6 cm³/mol. The fourth-order valence-corrected chi connectivity index (χ4v) is 3.37. The molecule has 0 amide bonds. The van der Waals surface area contributed by atoms with Gasteiger partial charge in [0.05, 0.1) is 5.69 Å². The number of hydrogen-bond acceptors (Lipinski definition) is 2. The fourth-order valence-electron chi connectivity index (χ4n) is 3.06. The molecule has 19 heavy (non-hydrogen) atoms. The number of rotatable bonds is 1. The van der Waals surface area contributed by atoms with Crippen LogP contribution in [0.2, 0.25) is 5.15 Å². The Bertz CT molecular complexity index is 610. The number of hydrogen-bond donors (Lipinski definition) is 0. The Balaban J connectivity index is 2.22. The van der Waals surface area contributed by atoms with E-state index in [0.717, 1.165) is 36.3 Å². The van der Waals surface area contributed by atoms with Gasteiger partial charge < -0.3 is 0 Å². The Morgan fingerprint density at radius 1 is 1.16 bits per heavy atom. The van der Waals surface area contributed by atoms with Crippen molar-refractivity contribution in [3.63, 3.8) is 0 Å². The second-order valence-corrected chi connectivity index (χ2v) is 5.80. The first-order valence-corrected chi connectivity index (χ1v) is 7.08. The molecule has 2 aromatic rings. The zero-order chi connectivity index (χ0) is 13.5. The van der Waals surface area contributed by atoms with Crippen LogP contribution in [-0.2, 0) is 11.8 Å². The molecule has 0 saturated heterocycles. The summed E-state index contributed by atoms with van der Waals surface area (Å²) in [6.45, 7) is 4.18. The van der Waals surface area contributed by atoms with Crippen molar-refractivity contribution in [1.29, 1.82) is 0 Å². The van der Waals surface area contributed by atoms with Crippen LogP contribution in [0.4, 0.5) is 0 Å². The van der Waals surface area contributed by atoms with Crippen molar-refractivity contribution < 1.29 is 0 Å². The zero-order valence-electron chi connectivity index (χ0n) is 11.3. The number of aromatic nitrogens is 2. The molecule has 3 rings (SSSR count). The predicted octanol–water partition coefficient (Wildman–Crippen LogP) is 4.08. The van der Waals surface area contributed by atoms with Crippen LogP contribution in [0.1, 0.15) is 42.4 Å². The maximum atomic E-state index is 6.31. The van der Waals surface area contributed by atoms with E-state index in [1.54, 1.807) is 0 Å². The van der Waals surface area contributed by atoms with Gasteiger partial charge in [0, 0.05) is 11.0 Å². The molecular weight excluding hydrogens is 256 g/mol. The lowest BCUT2D eigenvalue weighted by Gasteiger charge is -2.35. The van der Waals surface area contributed by atoms with Crippen LogP contribution in [0, 0.1) is 6.92 Å². The molecule has 0 N–H and O–H groups in total. The number of aryl methyl sites for hydroxylation is 1. The molecule has 1 heterocycles. The quantitative estimate of drug-likeness (QED) is 0.731. The first-order valence-electron chi connectivity index (χ1n) is 6.70. The fraction of sp³-hybridized carbons (Fsp3) is 0.375. The molecule has 0 radical (unpaired) electrons. The van der Waals surface area contributed by atoms with E-state index in [-0.39, 0.29) is 5.41 Å². The molecule has 0 spiro atoms. The SMILES string of the molecule is Cc1nc(Cl)c2c(n1)C(C)(c1ccccc1)CCC2. The van der Waals surface area contributed by atoms with Gasteiger partial charge in [-0.2, -0.15) is 0 Å². The number of benzene rings is 1. The molecule has 0 bridgehead atoms. The Kier molecular flexibility index (Phi) is 3.06. The van der Waals surface area contributed by atoms with Crippen LogP contribution in [0.3, 0.4) is 0 Å². The van der Waals surface area contributed by atoms with E-state index in [2.05, 4.69) is 42.2 Å². The summed E-state index contributed by atoms with van der Waals surface area (Å²) >= 11 is 6.31. The van der Waals surface area contributed by atoms with Gasteiger partial charge in [-0.15, -0.1) is 0 Å². The van der Waals surface area contributed by atoms with Crippen LogP contribution in [0.5, 0.6) is 0 Å². The average molecular weight is 273 g/mol. The van der Waals surface area contributed by atoms with Crippen LogP contribution in [-0.4, -0.2) is 9.97 Å². The summed E-state index contributed by atoms with van der Waals surface area (Å²) < 4.78 is 0. The van der Waals surface area contributed by atoms with Gasteiger partial charge in [0.25, 0.3) is 0 Å². The molecule has 2 nitrogen and oxygen atoms in total. The molecule has 0 saturated carbocycles. The average Bonchev–Trinajstić information content (AvgIpc) is 2.41. The Morgan fingerprint density at radius 2 is 1.89 bits per heavy atom. The van der Waals surface area contributed by atoms with Crippen LogP contribution in [0.15, 0.2) is 30.3 Å². The molecule has 1 aliphatic rings. The smallest absolute Gasteiger partial charge is 0.136 e. The summed E-state index contributed by atoms with van der Waals surface area (Å²) in [5.41, 5.74) is 3.50. The number of halogens is 1. The van der Waals surface area contributed by atoms with E-state index in [4.69, 9.17) is 16.6 Å². The third-order valence-electron chi connectivity index (χ3n) is 4.11. The molecule has 1 aromatic heterocycles. The third-order valence-corrected chi connectivity index (χ3v) is 4.42. The topological polar surface area (TPSA) is 25.8 Å². The van der Waals surface area contributed by atoms with Crippen molar-refractivity contribution in [2.24, 2.45) is 0 Å². The minimum Gasteiger partial charge on any atom is -0.237 e. The van der Waals surface area contributed by atoms with Gasteiger partial charge in [0.1, 0.15) is 11.0 Å². The van der Waals surface area contributed by atoms with Gasteiger partial charge in [-0.25, -0.2) is 9.97 Å². The van der Waals surface area contributed by atoms with E-state index in [0.29, 0.717) is 5.15 Å². The van der Waals surface area contributed by atoms with E-state index in [1.165, 1.54) is 5.56 Å². The largest absolute Gasteiger partial charge is 0.237 e. The first kappa shape index (κ1) is 12.6. The number of nitrogens with zero attached hydrogens (tertiary/aromatic N) is 2. The lowest BCUT2D eigenvalue weighted by molar-refractivity contribution is 0.447. The molecule has 1 aliphatic carbocycles. The first-order chi connectivity index (χ1) is 9.11. The van der Waals surface area contributed by atoms with Gasteiger partial charge >= 0.3 is 0 Å². The minimum absolute atomic E-state index is 0.0494. The monoisotopic (exact) mass is 272 g/mol. The van der Waals surface area contributed by atoms with E-state index in [9.17, 15) is 0 Å². The van der Waals surface area contributed by atoms with Crippen LogP contribution >= 0.6 is 11.6 Å². The summed E-state index contributed by atoms with van der Waals surface area (Å²) in [6.07, 6.45) is 3.22. The standard InChI is InChI=1S/C16H17ClN2/c1-11-18-14-13(15(17)19-11)9-6-10-16(14,2)12-7-4-3-5-8-12/h3-5,7-8H,6,9-10H2,1-2H3. The highest BCUT2D eigenvalue weighted by Crippen LogP contribution is 2.42. The molecule has 0 fully saturated rings. The van der Waals surface area contributed by atoms with E-state index in [1.807, 2.05) is 6.92 Å². The minimum atomic E-state index is -0.0494. The van der Waals surface area contributed by atoms with Crippen molar-refractivity contribution in [3.8, 4) is 0 Å². The Labute approximate surface area is 118 Å². The van der Waals surface area contributed by atoms with E-state index >= 15 is 0 Å². The highest BCUT2D eigenvalue weighted by molar-refractivity contribution is 6.30. The lowest BCUT2D eigenvalue weighted by atomic mass is 9.70. The highest BCUT2D eigenvalue weighted by Gasteiger charge is 2.36. The molecule has 1 atom stereocenters. The van der Waals surface area contributed by atoms with Gasteiger partial charge in [-0.1, -0.05) is 41.9 Å². The summed E-state index contributed by atoms with van der Waals surface area (Å²) in [6, 6.07) is 10.6. The summed E-state index contributed by atoms with van der Waals surface area (Å²) in [5, 5.41) is 0.629. The Hall–Kier alpha value is -1.41. The number of fused-ring (bicyclic) bond motifs is 1. The van der Waals surface area contributed by atoms with E-state index < -0.39 is 0 Å². The molecule has 1 unspecified atom stereocenters. The summed E-state index contributed by atoms with van der Waals surface area (Å²) in [5.74, 6) is 0.757. The van der Waals surface area contributed by atoms with Crippen molar-refractivity contribution in [2.75, 3.05) is 0 Å². The summed E-state index contributed by atoms with van der Waals surface area (Å²) in [7, 11) is 0. The third kappa shape index (κ3) is 2.04. The van der Waals surface area contributed by atoms with Crippen molar-refractivity contribution in [2.45, 2.75) is 38.5 Å². The normalized spacial score (nSPS) is 22.1. The lowest BCUT2D eigenvalue weighted by Crippen LogP contribution is -2.31. The maximum absolute atomic E-state index is 6.31. The van der Waals surface area contributed by atoms with Gasteiger partial charge in [0.2, 0.25) is 0 Å².